The average molecular weight is 393 g/mol. The number of hydrogen-bond donors (Lipinski definition) is 2. The van der Waals surface area contributed by atoms with E-state index in [1.165, 1.54) is 6.07 Å². The van der Waals surface area contributed by atoms with Crippen molar-refractivity contribution in [2.24, 2.45) is 5.41 Å². The number of nitrogens with zero attached hydrogens (tertiary/aromatic N) is 1. The highest BCUT2D eigenvalue weighted by atomic mass is 35.5. The van der Waals surface area contributed by atoms with E-state index in [2.05, 4.69) is 10.5 Å². The molecule has 1 aromatic heterocycles. The summed E-state index contributed by atoms with van der Waals surface area (Å²) < 4.78 is 10.8. The number of hydrogen-bond acceptors (Lipinski definition) is 5. The number of carboxylic acid groups (broad SMARTS) is 1. The van der Waals surface area contributed by atoms with Gasteiger partial charge < -0.3 is 19.7 Å². The van der Waals surface area contributed by atoms with Gasteiger partial charge in [-0.05, 0) is 31.2 Å². The molecule has 1 aliphatic rings. The molecule has 0 aliphatic heterocycles. The van der Waals surface area contributed by atoms with E-state index in [1.54, 1.807) is 38.1 Å². The Hall–Kier alpha value is -2.38. The number of rotatable bonds is 6. The van der Waals surface area contributed by atoms with Crippen molar-refractivity contribution in [3.05, 3.63) is 41.0 Å². The first-order valence-electron chi connectivity index (χ1n) is 8.61. The predicted molar refractivity (Wildman–Crippen MR) is 98.6 cm³/mol. The first-order valence-corrected chi connectivity index (χ1v) is 8.99. The van der Waals surface area contributed by atoms with Gasteiger partial charge in [-0.1, -0.05) is 30.6 Å². The van der Waals surface area contributed by atoms with Gasteiger partial charge in [0.1, 0.15) is 5.54 Å². The first kappa shape index (κ1) is 19.4. The standard InChI is InChI=1S/C19H21ClN2O5/c1-4-26-15-10-19(17(24)25,18(15,2)3)21-16(23)13-9-14(27-22-13)11-5-7-12(20)8-6-11/h5-9,15H,4,10H2,1-3H3,(H,21,23)(H,24,25). The summed E-state index contributed by atoms with van der Waals surface area (Å²) in [6, 6.07) is 8.35. The van der Waals surface area contributed by atoms with Crippen molar-refractivity contribution in [2.45, 2.75) is 38.8 Å². The maximum atomic E-state index is 12.6. The number of aliphatic carboxylic acids is 1. The average Bonchev–Trinajstić information content (AvgIpc) is 3.11. The summed E-state index contributed by atoms with van der Waals surface area (Å²) in [7, 11) is 0. The number of ether oxygens (including phenoxy) is 1. The highest BCUT2D eigenvalue weighted by Crippen LogP contribution is 2.51. The Morgan fingerprint density at radius 3 is 2.59 bits per heavy atom. The molecule has 0 bridgehead atoms. The van der Waals surface area contributed by atoms with Crippen LogP contribution in [0, 0.1) is 5.41 Å². The number of halogens is 1. The van der Waals surface area contributed by atoms with Gasteiger partial charge in [0.15, 0.2) is 11.5 Å². The van der Waals surface area contributed by atoms with Crippen molar-refractivity contribution in [3.63, 3.8) is 0 Å². The van der Waals surface area contributed by atoms with Gasteiger partial charge in [0.25, 0.3) is 5.91 Å². The Morgan fingerprint density at radius 1 is 1.37 bits per heavy atom. The van der Waals surface area contributed by atoms with Crippen LogP contribution in [0.25, 0.3) is 11.3 Å². The molecule has 0 radical (unpaired) electrons. The summed E-state index contributed by atoms with van der Waals surface area (Å²) >= 11 is 5.86. The van der Waals surface area contributed by atoms with Crippen LogP contribution in [0.4, 0.5) is 0 Å². The zero-order valence-corrected chi connectivity index (χ0v) is 16.0. The van der Waals surface area contributed by atoms with Crippen LogP contribution in [-0.4, -0.2) is 40.4 Å². The second kappa shape index (κ2) is 6.98. The third kappa shape index (κ3) is 3.21. The minimum atomic E-state index is -1.43. The van der Waals surface area contributed by atoms with E-state index in [9.17, 15) is 14.7 Å². The Morgan fingerprint density at radius 2 is 2.04 bits per heavy atom. The topological polar surface area (TPSA) is 102 Å². The molecule has 2 aromatic rings. The van der Waals surface area contributed by atoms with Crippen LogP contribution >= 0.6 is 11.6 Å². The molecule has 1 aliphatic carbocycles. The van der Waals surface area contributed by atoms with Crippen LogP contribution in [-0.2, 0) is 9.53 Å². The van der Waals surface area contributed by atoms with Crippen LogP contribution in [0.3, 0.4) is 0 Å². The molecule has 1 aromatic carbocycles. The fraction of sp³-hybridized carbons (Fsp3) is 0.421. The molecule has 2 unspecified atom stereocenters. The summed E-state index contributed by atoms with van der Waals surface area (Å²) in [4.78, 5) is 24.6. The van der Waals surface area contributed by atoms with Gasteiger partial charge in [-0.25, -0.2) is 4.79 Å². The predicted octanol–water partition coefficient (Wildman–Crippen LogP) is 3.38. The number of carboxylic acids is 1. The van der Waals surface area contributed by atoms with Crippen molar-refractivity contribution in [3.8, 4) is 11.3 Å². The summed E-state index contributed by atoms with van der Waals surface area (Å²) in [5.41, 5.74) is -1.48. The summed E-state index contributed by atoms with van der Waals surface area (Å²) in [6.07, 6.45) is -0.0579. The molecule has 1 saturated carbocycles. The van der Waals surface area contributed by atoms with Gasteiger partial charge in [-0.3, -0.25) is 4.79 Å². The summed E-state index contributed by atoms with van der Waals surface area (Å²) in [5, 5.41) is 16.8. The molecule has 144 valence electrons. The highest BCUT2D eigenvalue weighted by Gasteiger charge is 2.66. The van der Waals surface area contributed by atoms with E-state index >= 15 is 0 Å². The third-order valence-electron chi connectivity index (χ3n) is 5.33. The smallest absolute Gasteiger partial charge is 0.330 e. The van der Waals surface area contributed by atoms with Gasteiger partial charge >= 0.3 is 5.97 Å². The lowest BCUT2D eigenvalue weighted by Gasteiger charge is -2.58. The van der Waals surface area contributed by atoms with Crippen molar-refractivity contribution in [1.29, 1.82) is 0 Å². The molecule has 3 rings (SSSR count). The van der Waals surface area contributed by atoms with Gasteiger partial charge in [0, 0.05) is 35.1 Å². The van der Waals surface area contributed by atoms with Crippen molar-refractivity contribution >= 4 is 23.5 Å². The van der Waals surface area contributed by atoms with Gasteiger partial charge in [-0.15, -0.1) is 0 Å². The molecule has 2 N–H and O–H groups in total. The first-order chi connectivity index (χ1) is 12.7. The molecule has 1 fully saturated rings. The zero-order chi connectivity index (χ0) is 19.8. The van der Waals surface area contributed by atoms with Crippen LogP contribution in [0.2, 0.25) is 5.02 Å². The maximum Gasteiger partial charge on any atom is 0.330 e. The fourth-order valence-corrected chi connectivity index (χ4v) is 3.55. The summed E-state index contributed by atoms with van der Waals surface area (Å²) in [5.74, 6) is -1.32. The monoisotopic (exact) mass is 392 g/mol. The minimum absolute atomic E-state index is 0.0104. The SMILES string of the molecule is CCOC1CC(NC(=O)c2cc(-c3ccc(Cl)cc3)on2)(C(=O)O)C1(C)C. The molecule has 1 heterocycles. The molecular weight excluding hydrogens is 372 g/mol. The number of aromatic nitrogens is 1. The normalized spacial score (nSPS) is 23.5. The Kier molecular flexibility index (Phi) is 5.01. The molecule has 7 nitrogen and oxygen atoms in total. The molecule has 0 spiro atoms. The van der Waals surface area contributed by atoms with Gasteiger partial charge in [0.2, 0.25) is 0 Å². The van der Waals surface area contributed by atoms with Crippen molar-refractivity contribution in [1.82, 2.24) is 10.5 Å². The fourth-order valence-electron chi connectivity index (χ4n) is 3.43. The lowest BCUT2D eigenvalue weighted by atomic mass is 9.54. The van der Waals surface area contributed by atoms with Crippen LogP contribution in [0.5, 0.6) is 0 Å². The van der Waals surface area contributed by atoms with Crippen molar-refractivity contribution < 1.29 is 24.0 Å². The largest absolute Gasteiger partial charge is 0.479 e. The molecule has 1 amide bonds. The third-order valence-corrected chi connectivity index (χ3v) is 5.58. The highest BCUT2D eigenvalue weighted by molar-refractivity contribution is 6.30. The number of carbonyl (C=O) groups excluding carboxylic acids is 1. The van der Waals surface area contributed by atoms with Crippen LogP contribution in [0.15, 0.2) is 34.9 Å². The Bertz CT molecular complexity index is 861. The number of benzene rings is 1. The van der Waals surface area contributed by atoms with Gasteiger partial charge in [0.05, 0.1) is 6.10 Å². The van der Waals surface area contributed by atoms with Crippen LogP contribution in [0.1, 0.15) is 37.7 Å². The number of nitrogens with one attached hydrogen (secondary N) is 1. The number of carbonyl (C=O) groups is 2. The Labute approximate surface area is 161 Å². The van der Waals surface area contributed by atoms with Crippen LogP contribution < -0.4 is 5.32 Å². The second-order valence-electron chi connectivity index (χ2n) is 7.12. The van der Waals surface area contributed by atoms with E-state index in [1.807, 2.05) is 6.92 Å². The zero-order valence-electron chi connectivity index (χ0n) is 15.3. The minimum Gasteiger partial charge on any atom is -0.479 e. The quantitative estimate of drug-likeness (QED) is 0.781. The number of amides is 1. The molecular formula is C19H21ClN2O5. The van der Waals surface area contributed by atoms with Crippen molar-refractivity contribution in [2.75, 3.05) is 6.61 Å². The lowest BCUT2D eigenvalue weighted by molar-refractivity contribution is -0.190. The molecule has 0 saturated heterocycles. The lowest BCUT2D eigenvalue weighted by Crippen LogP contribution is -2.76. The van der Waals surface area contributed by atoms with E-state index < -0.39 is 22.8 Å². The van der Waals surface area contributed by atoms with E-state index in [4.69, 9.17) is 20.9 Å². The maximum absolute atomic E-state index is 12.6. The van der Waals surface area contributed by atoms with Gasteiger partial charge in [-0.2, -0.15) is 0 Å². The van der Waals surface area contributed by atoms with E-state index in [-0.39, 0.29) is 18.2 Å². The molecule has 2 atom stereocenters. The van der Waals surface area contributed by atoms with E-state index in [0.29, 0.717) is 23.0 Å². The van der Waals surface area contributed by atoms with E-state index in [0.717, 1.165) is 0 Å². The second-order valence-corrected chi connectivity index (χ2v) is 7.55. The Balaban J connectivity index is 1.80. The molecule has 8 heteroatoms. The summed E-state index contributed by atoms with van der Waals surface area (Å²) in [6.45, 7) is 5.87. The molecule has 27 heavy (non-hydrogen) atoms.